The van der Waals surface area contributed by atoms with Crippen molar-refractivity contribution >= 4 is 11.8 Å². The Morgan fingerprint density at radius 1 is 1.23 bits per heavy atom. The van der Waals surface area contributed by atoms with Crippen molar-refractivity contribution in [2.45, 2.75) is 38.3 Å². The number of nitrogens with zero attached hydrogens (tertiary/aromatic N) is 1. The fourth-order valence-corrected chi connectivity index (χ4v) is 2.70. The summed E-state index contributed by atoms with van der Waals surface area (Å²) in [6.45, 7) is 1.79. The van der Waals surface area contributed by atoms with Crippen LogP contribution in [-0.2, 0) is 11.2 Å². The molecule has 1 aromatic heterocycles. The second kappa shape index (κ2) is 7.99. The van der Waals surface area contributed by atoms with Crippen LogP contribution in [0.2, 0.25) is 0 Å². The van der Waals surface area contributed by atoms with Gasteiger partial charge in [-0.15, -0.1) is 0 Å². The minimum Gasteiger partial charge on any atom is -0.481 e. The maximum atomic E-state index is 12.7. The molecule has 6 nitrogen and oxygen atoms in total. The van der Waals surface area contributed by atoms with Gasteiger partial charge in [0, 0.05) is 29.8 Å². The van der Waals surface area contributed by atoms with Crippen LogP contribution in [0.3, 0.4) is 0 Å². The number of carbonyl (C=O) groups excluding carboxylic acids is 2. The van der Waals surface area contributed by atoms with E-state index in [-0.39, 0.29) is 17.9 Å². The Labute approximate surface area is 153 Å². The van der Waals surface area contributed by atoms with E-state index in [4.69, 9.17) is 4.74 Å². The molecule has 0 saturated heterocycles. The molecule has 6 heteroatoms. The molecule has 0 radical (unpaired) electrons. The van der Waals surface area contributed by atoms with E-state index in [1.807, 2.05) is 30.3 Å². The molecule has 3 rings (SSSR count). The number of benzene rings is 1. The zero-order valence-corrected chi connectivity index (χ0v) is 15.0. The second-order valence-electron chi connectivity index (χ2n) is 6.54. The number of carbonyl (C=O) groups is 2. The van der Waals surface area contributed by atoms with Gasteiger partial charge in [0.1, 0.15) is 6.04 Å². The van der Waals surface area contributed by atoms with Gasteiger partial charge in [0.25, 0.3) is 5.91 Å². The Hall–Kier alpha value is -2.89. The summed E-state index contributed by atoms with van der Waals surface area (Å²) in [6.07, 6.45) is 2.43. The number of aryl methyl sites for hydroxylation is 1. The highest BCUT2D eigenvalue weighted by Gasteiger charge is 2.29. The number of hydrogen-bond donors (Lipinski definition) is 2. The van der Waals surface area contributed by atoms with Gasteiger partial charge >= 0.3 is 0 Å². The summed E-state index contributed by atoms with van der Waals surface area (Å²) in [6, 6.07) is 12.5. The van der Waals surface area contributed by atoms with E-state index >= 15 is 0 Å². The zero-order valence-electron chi connectivity index (χ0n) is 15.0. The van der Waals surface area contributed by atoms with E-state index < -0.39 is 6.04 Å². The molecule has 2 aromatic rings. The first kappa shape index (κ1) is 17.9. The van der Waals surface area contributed by atoms with Crippen molar-refractivity contribution in [2.24, 2.45) is 0 Å². The van der Waals surface area contributed by atoms with Gasteiger partial charge < -0.3 is 15.4 Å². The normalized spacial score (nSPS) is 14.4. The van der Waals surface area contributed by atoms with Crippen LogP contribution >= 0.6 is 0 Å². The molecular formula is C20H23N3O3. The molecule has 2 N–H and O–H groups in total. The highest BCUT2D eigenvalue weighted by molar-refractivity contribution is 5.98. The van der Waals surface area contributed by atoms with Crippen LogP contribution in [0.25, 0.3) is 0 Å². The van der Waals surface area contributed by atoms with Crippen molar-refractivity contribution in [2.75, 3.05) is 7.11 Å². The smallest absolute Gasteiger partial charge is 0.252 e. The van der Waals surface area contributed by atoms with Gasteiger partial charge in [0.2, 0.25) is 11.8 Å². The second-order valence-corrected chi connectivity index (χ2v) is 6.54. The fraction of sp³-hybridized carbons (Fsp3) is 0.350. The molecule has 136 valence electrons. The number of pyridine rings is 1. The highest BCUT2D eigenvalue weighted by atomic mass is 16.5. The zero-order chi connectivity index (χ0) is 18.5. The molecule has 1 aliphatic carbocycles. The predicted octanol–water partition coefficient (Wildman–Crippen LogP) is 2.02. The van der Waals surface area contributed by atoms with Crippen LogP contribution in [0.1, 0.15) is 34.5 Å². The van der Waals surface area contributed by atoms with Crippen LogP contribution in [0, 0.1) is 6.92 Å². The molecule has 1 heterocycles. The Morgan fingerprint density at radius 2 is 1.96 bits per heavy atom. The molecule has 0 aliphatic heterocycles. The lowest BCUT2D eigenvalue weighted by Gasteiger charge is -2.19. The van der Waals surface area contributed by atoms with Gasteiger partial charge in [0.05, 0.1) is 7.11 Å². The first-order valence-electron chi connectivity index (χ1n) is 8.73. The average Bonchev–Trinajstić information content (AvgIpc) is 3.45. The van der Waals surface area contributed by atoms with E-state index in [0.717, 1.165) is 18.4 Å². The Bertz CT molecular complexity index is 788. The Morgan fingerprint density at radius 3 is 2.62 bits per heavy atom. The van der Waals surface area contributed by atoms with Crippen molar-refractivity contribution in [1.82, 2.24) is 15.6 Å². The Balaban J connectivity index is 1.76. The molecule has 26 heavy (non-hydrogen) atoms. The van der Waals surface area contributed by atoms with Crippen molar-refractivity contribution in [1.29, 1.82) is 0 Å². The number of ether oxygens (including phenoxy) is 1. The van der Waals surface area contributed by atoms with Crippen molar-refractivity contribution in [3.63, 3.8) is 0 Å². The summed E-state index contributed by atoms with van der Waals surface area (Å²) in [5, 5.41) is 5.83. The molecule has 1 fully saturated rings. The predicted molar refractivity (Wildman–Crippen MR) is 98.1 cm³/mol. The van der Waals surface area contributed by atoms with Gasteiger partial charge in [0.15, 0.2) is 0 Å². The third-order valence-electron chi connectivity index (χ3n) is 4.23. The first-order valence-corrected chi connectivity index (χ1v) is 8.73. The van der Waals surface area contributed by atoms with Crippen molar-refractivity contribution < 1.29 is 14.3 Å². The lowest BCUT2D eigenvalue weighted by Crippen LogP contribution is -2.48. The van der Waals surface area contributed by atoms with Crippen LogP contribution in [0.4, 0.5) is 0 Å². The standard InChI is InChI=1S/C20H23N3O3/c1-13-10-15(12-18(21-13)26-2)19(24)23-17(20(25)22-16-8-9-16)11-14-6-4-3-5-7-14/h3-7,10,12,16-17H,8-9,11H2,1-2H3,(H,22,25)(H,23,24)/t17-/m0/s1. The Kier molecular flexibility index (Phi) is 5.51. The molecule has 0 unspecified atom stereocenters. The van der Waals surface area contributed by atoms with Gasteiger partial charge in [-0.25, -0.2) is 4.98 Å². The molecule has 1 atom stereocenters. The largest absolute Gasteiger partial charge is 0.481 e. The molecule has 2 amide bonds. The lowest BCUT2D eigenvalue weighted by molar-refractivity contribution is -0.123. The summed E-state index contributed by atoms with van der Waals surface area (Å²) in [4.78, 5) is 29.5. The minimum atomic E-state index is -0.634. The first-order chi connectivity index (χ1) is 12.5. The number of nitrogens with one attached hydrogen (secondary N) is 2. The number of methoxy groups -OCH3 is 1. The quantitative estimate of drug-likeness (QED) is 0.798. The van der Waals surface area contributed by atoms with Gasteiger partial charge in [-0.05, 0) is 31.4 Å². The van der Waals surface area contributed by atoms with Crippen LogP contribution in [0.5, 0.6) is 5.88 Å². The average molecular weight is 353 g/mol. The van der Waals surface area contributed by atoms with Gasteiger partial charge in [-0.2, -0.15) is 0 Å². The third kappa shape index (κ3) is 4.81. The molecular weight excluding hydrogens is 330 g/mol. The number of aromatic nitrogens is 1. The SMILES string of the molecule is COc1cc(C(=O)N[C@@H](Cc2ccccc2)C(=O)NC2CC2)cc(C)n1. The fourth-order valence-electron chi connectivity index (χ4n) is 2.70. The summed E-state index contributed by atoms with van der Waals surface area (Å²) in [7, 11) is 1.50. The minimum absolute atomic E-state index is 0.151. The van der Waals surface area contributed by atoms with Crippen LogP contribution in [-0.4, -0.2) is 36.0 Å². The molecule has 1 saturated carbocycles. The van der Waals surface area contributed by atoms with Crippen LogP contribution < -0.4 is 15.4 Å². The number of hydrogen-bond acceptors (Lipinski definition) is 4. The van der Waals surface area contributed by atoms with Crippen molar-refractivity contribution in [3.05, 3.63) is 59.3 Å². The van der Waals surface area contributed by atoms with Crippen LogP contribution in [0.15, 0.2) is 42.5 Å². The lowest BCUT2D eigenvalue weighted by atomic mass is 10.0. The third-order valence-corrected chi connectivity index (χ3v) is 4.23. The molecule has 1 aromatic carbocycles. The summed E-state index contributed by atoms with van der Waals surface area (Å²) < 4.78 is 5.12. The van der Waals surface area contributed by atoms with E-state index in [1.165, 1.54) is 7.11 Å². The molecule has 1 aliphatic rings. The summed E-state index contributed by atoms with van der Waals surface area (Å²) in [5.41, 5.74) is 2.09. The topological polar surface area (TPSA) is 80.3 Å². The number of rotatable bonds is 7. The van der Waals surface area contributed by atoms with E-state index in [1.54, 1.807) is 19.1 Å². The maximum Gasteiger partial charge on any atom is 0.252 e. The van der Waals surface area contributed by atoms with E-state index in [0.29, 0.717) is 23.6 Å². The number of amides is 2. The maximum absolute atomic E-state index is 12.7. The monoisotopic (exact) mass is 353 g/mol. The van der Waals surface area contributed by atoms with Gasteiger partial charge in [-0.3, -0.25) is 9.59 Å². The molecule has 0 bridgehead atoms. The highest BCUT2D eigenvalue weighted by Crippen LogP contribution is 2.19. The molecule has 0 spiro atoms. The summed E-state index contributed by atoms with van der Waals surface area (Å²) >= 11 is 0. The van der Waals surface area contributed by atoms with Gasteiger partial charge in [-0.1, -0.05) is 30.3 Å². The summed E-state index contributed by atoms with van der Waals surface area (Å²) in [5.74, 6) is -0.0969. The van der Waals surface area contributed by atoms with E-state index in [2.05, 4.69) is 15.6 Å². The van der Waals surface area contributed by atoms with E-state index in [9.17, 15) is 9.59 Å². The van der Waals surface area contributed by atoms with Crippen molar-refractivity contribution in [3.8, 4) is 5.88 Å².